The third kappa shape index (κ3) is 3.84. The maximum absolute atomic E-state index is 13.9. The summed E-state index contributed by atoms with van der Waals surface area (Å²) in [5.74, 6) is -6.45. The van der Waals surface area contributed by atoms with Crippen molar-refractivity contribution in [2.45, 2.75) is 49.8 Å². The van der Waals surface area contributed by atoms with Gasteiger partial charge in [-0.1, -0.05) is 12.1 Å². The topological polar surface area (TPSA) is 165 Å². The van der Waals surface area contributed by atoms with Gasteiger partial charge in [0, 0.05) is 17.5 Å². The van der Waals surface area contributed by atoms with Gasteiger partial charge in [-0.2, -0.15) is 0 Å². The van der Waals surface area contributed by atoms with Crippen molar-refractivity contribution in [3.8, 4) is 5.75 Å². The number of hydrogen-bond donors (Lipinski definition) is 5. The number of rotatable bonds is 4. The fourth-order valence-electron chi connectivity index (χ4n) is 7.08. The van der Waals surface area contributed by atoms with E-state index in [1.807, 2.05) is 20.2 Å². The Morgan fingerprint density at radius 3 is 2.33 bits per heavy atom. The molecule has 208 valence electrons. The molecule has 4 aliphatic carbocycles. The number of primary amides is 1. The summed E-state index contributed by atoms with van der Waals surface area (Å²) in [5.41, 5.74) is 4.60. The number of aliphatic hydroxyl groups is 3. The van der Waals surface area contributed by atoms with Gasteiger partial charge in [-0.25, -0.2) is 0 Å². The summed E-state index contributed by atoms with van der Waals surface area (Å²) in [4.78, 5) is 43.0. The number of carbonyl (C=O) groups excluding carboxylic acids is 3. The van der Waals surface area contributed by atoms with E-state index in [0.717, 1.165) is 30.4 Å². The molecule has 1 saturated carbocycles. The molecule has 1 aromatic rings. The number of benzene rings is 1. The minimum Gasteiger partial charge on any atom is -0.508 e. The largest absolute Gasteiger partial charge is 0.508 e. The highest BCUT2D eigenvalue weighted by Gasteiger charge is 2.64. The molecule has 0 spiro atoms. The van der Waals surface area contributed by atoms with Gasteiger partial charge in [0.05, 0.1) is 11.6 Å². The van der Waals surface area contributed by atoms with Crippen LogP contribution in [0.1, 0.15) is 42.4 Å². The molecule has 1 fully saturated rings. The van der Waals surface area contributed by atoms with E-state index in [4.69, 9.17) is 5.73 Å². The zero-order chi connectivity index (χ0) is 28.5. The second-order valence-corrected chi connectivity index (χ2v) is 11.6. The molecule has 0 bridgehead atoms. The summed E-state index contributed by atoms with van der Waals surface area (Å²) in [7, 11) is 7.27. The standard InChI is InChI=1S/C29H35N3O7/c1-31(2)15-7-5-13(6-8-15)16-9-10-19(33)21-17(16)11-14-12-18-23(32(3)4)25(35)22(28(30)38)27(37)29(18,39)26(36)20(14)24(21)34/h5,9-10,14-15,18,23,33-34,37,39H,6-8,11-12H2,1-4H3,(H2,30,38)/t14-,15?,18-,23+,29-/m0/s1. The molecule has 5 rings (SSSR count). The maximum Gasteiger partial charge on any atom is 0.255 e. The Bertz CT molecular complexity index is 1390. The Hall–Kier alpha value is -3.47. The van der Waals surface area contributed by atoms with Crippen LogP contribution in [-0.2, 0) is 20.8 Å². The zero-order valence-electron chi connectivity index (χ0n) is 22.6. The van der Waals surface area contributed by atoms with Crippen molar-refractivity contribution in [2.24, 2.45) is 17.6 Å². The van der Waals surface area contributed by atoms with Crippen LogP contribution in [0.5, 0.6) is 5.75 Å². The highest BCUT2D eigenvalue weighted by molar-refractivity contribution is 6.24. The van der Waals surface area contributed by atoms with Gasteiger partial charge in [0.1, 0.15) is 22.8 Å². The van der Waals surface area contributed by atoms with Crippen LogP contribution in [0.2, 0.25) is 0 Å². The number of nitrogens with two attached hydrogens (primary N) is 1. The molecule has 0 aromatic heterocycles. The predicted octanol–water partition coefficient (Wildman–Crippen LogP) is 1.46. The summed E-state index contributed by atoms with van der Waals surface area (Å²) in [6.07, 6.45) is 5.17. The Labute approximate surface area is 226 Å². The molecule has 1 aromatic carbocycles. The molecule has 6 N–H and O–H groups in total. The molecule has 5 atom stereocenters. The van der Waals surface area contributed by atoms with Crippen molar-refractivity contribution in [3.63, 3.8) is 0 Å². The molecule has 0 heterocycles. The number of carbonyl (C=O) groups is 3. The molecule has 4 aliphatic rings. The number of fused-ring (bicyclic) bond motifs is 3. The number of allylic oxidation sites excluding steroid dienone is 1. The normalized spacial score (nSPS) is 30.8. The minimum absolute atomic E-state index is 0.0720. The Morgan fingerprint density at radius 2 is 1.77 bits per heavy atom. The summed E-state index contributed by atoms with van der Waals surface area (Å²) < 4.78 is 0. The van der Waals surface area contributed by atoms with Crippen molar-refractivity contribution in [3.05, 3.63) is 51.8 Å². The lowest BCUT2D eigenvalue weighted by Crippen LogP contribution is -2.65. The van der Waals surface area contributed by atoms with E-state index in [9.17, 15) is 34.8 Å². The van der Waals surface area contributed by atoms with Crippen LogP contribution in [0.4, 0.5) is 0 Å². The smallest absolute Gasteiger partial charge is 0.255 e. The van der Waals surface area contributed by atoms with Crippen molar-refractivity contribution >= 4 is 28.8 Å². The average molecular weight is 538 g/mol. The number of hydrogen-bond acceptors (Lipinski definition) is 9. The van der Waals surface area contributed by atoms with E-state index in [1.165, 1.54) is 11.0 Å². The van der Waals surface area contributed by atoms with Crippen LogP contribution in [0, 0.1) is 11.8 Å². The second-order valence-electron chi connectivity index (χ2n) is 11.6. The van der Waals surface area contributed by atoms with Gasteiger partial charge in [0.15, 0.2) is 11.4 Å². The van der Waals surface area contributed by atoms with Gasteiger partial charge in [-0.05, 0) is 89.0 Å². The lowest BCUT2D eigenvalue weighted by atomic mass is 9.57. The van der Waals surface area contributed by atoms with E-state index in [1.54, 1.807) is 14.1 Å². The number of aromatic hydroxyl groups is 1. The first kappa shape index (κ1) is 27.1. The molecule has 0 saturated heterocycles. The summed E-state index contributed by atoms with van der Waals surface area (Å²) >= 11 is 0. The van der Waals surface area contributed by atoms with Gasteiger partial charge in [0.25, 0.3) is 5.91 Å². The van der Waals surface area contributed by atoms with E-state index in [2.05, 4.69) is 11.0 Å². The molecule has 0 radical (unpaired) electrons. The van der Waals surface area contributed by atoms with E-state index >= 15 is 0 Å². The van der Waals surface area contributed by atoms with Crippen LogP contribution in [0.3, 0.4) is 0 Å². The molecule has 0 aliphatic heterocycles. The quantitative estimate of drug-likeness (QED) is 0.358. The lowest BCUT2D eigenvalue weighted by Gasteiger charge is -2.50. The third-order valence-corrected chi connectivity index (χ3v) is 9.06. The number of phenols is 1. The van der Waals surface area contributed by atoms with Crippen molar-refractivity contribution in [2.75, 3.05) is 28.2 Å². The van der Waals surface area contributed by atoms with E-state index in [0.29, 0.717) is 11.6 Å². The van der Waals surface area contributed by atoms with Crippen LogP contribution in [0.25, 0.3) is 11.3 Å². The minimum atomic E-state index is -2.63. The van der Waals surface area contributed by atoms with Gasteiger partial charge in [0.2, 0.25) is 5.78 Å². The molecule has 10 nitrogen and oxygen atoms in total. The fraction of sp³-hybridized carbons (Fsp3) is 0.483. The Kier molecular flexibility index (Phi) is 6.48. The van der Waals surface area contributed by atoms with Crippen LogP contribution in [-0.4, -0.2) is 93.6 Å². The number of phenolic OH excluding ortho intramolecular Hbond substituents is 1. The van der Waals surface area contributed by atoms with E-state index < -0.39 is 58.0 Å². The number of Topliss-reactive ketones (excluding diaryl/α,β-unsaturated/α-hetero) is 2. The molecule has 39 heavy (non-hydrogen) atoms. The first-order valence-corrected chi connectivity index (χ1v) is 13.2. The van der Waals surface area contributed by atoms with Crippen molar-refractivity contribution < 1.29 is 34.8 Å². The maximum atomic E-state index is 13.9. The van der Waals surface area contributed by atoms with Crippen LogP contribution in [0.15, 0.2) is 35.1 Å². The van der Waals surface area contributed by atoms with Crippen molar-refractivity contribution in [1.82, 2.24) is 9.80 Å². The number of aliphatic hydroxyl groups excluding tert-OH is 2. The predicted molar refractivity (Wildman–Crippen MR) is 144 cm³/mol. The summed E-state index contributed by atoms with van der Waals surface area (Å²) in [6, 6.07) is 2.64. The summed E-state index contributed by atoms with van der Waals surface area (Å²) in [6.45, 7) is 0. The Balaban J connectivity index is 1.67. The SMILES string of the molecule is CN(C)C1CC=C(c2ccc(O)c3c2C[C@H]2C[C@H]4[C@@H](N(C)C)C(=O)C(C(N)=O)=C(O)[C@@]4(O)C(=O)C2=C3O)CC1. The molecule has 10 heteroatoms. The zero-order valence-corrected chi connectivity index (χ0v) is 22.6. The fourth-order valence-corrected chi connectivity index (χ4v) is 7.08. The summed E-state index contributed by atoms with van der Waals surface area (Å²) in [5, 5.41) is 44.9. The van der Waals surface area contributed by atoms with Gasteiger partial charge in [-0.3, -0.25) is 19.3 Å². The van der Waals surface area contributed by atoms with Crippen LogP contribution < -0.4 is 5.73 Å². The molecular weight excluding hydrogens is 502 g/mol. The molecule has 1 amide bonds. The molecular formula is C29H35N3O7. The average Bonchev–Trinajstić information content (AvgIpc) is 2.86. The highest BCUT2D eigenvalue weighted by Crippen LogP contribution is 2.53. The van der Waals surface area contributed by atoms with Gasteiger partial charge < -0.3 is 31.1 Å². The second kappa shape index (κ2) is 9.32. The van der Waals surface area contributed by atoms with Crippen molar-refractivity contribution in [1.29, 1.82) is 0 Å². The van der Waals surface area contributed by atoms with Crippen LogP contribution >= 0.6 is 0 Å². The van der Waals surface area contributed by atoms with Gasteiger partial charge in [-0.15, -0.1) is 0 Å². The lowest BCUT2D eigenvalue weighted by molar-refractivity contribution is -0.153. The van der Waals surface area contributed by atoms with E-state index in [-0.39, 0.29) is 29.7 Å². The first-order chi connectivity index (χ1) is 18.3. The highest BCUT2D eigenvalue weighted by atomic mass is 16.3. The number of amides is 1. The third-order valence-electron chi connectivity index (χ3n) is 9.06. The van der Waals surface area contributed by atoms with Gasteiger partial charge >= 0.3 is 0 Å². The first-order valence-electron chi connectivity index (χ1n) is 13.2. The number of likely N-dealkylation sites (N-methyl/N-ethyl adjacent to an activating group) is 1. The number of nitrogens with zero attached hydrogens (tertiary/aromatic N) is 2. The monoisotopic (exact) mass is 537 g/mol. The molecule has 1 unspecified atom stereocenters. The number of ketones is 2. The Morgan fingerprint density at radius 1 is 1.08 bits per heavy atom.